The van der Waals surface area contributed by atoms with E-state index in [9.17, 15) is 4.79 Å². The van der Waals surface area contributed by atoms with Gasteiger partial charge in [0.25, 0.3) is 0 Å². The van der Waals surface area contributed by atoms with E-state index >= 15 is 0 Å². The molecular formula is C28H37N3OS. The largest absolute Gasteiger partial charge is 0.329 e. The van der Waals surface area contributed by atoms with E-state index in [0.29, 0.717) is 23.4 Å². The van der Waals surface area contributed by atoms with Gasteiger partial charge in [0.2, 0.25) is 5.78 Å². The van der Waals surface area contributed by atoms with Crippen LogP contribution in [0, 0.1) is 17.8 Å². The summed E-state index contributed by atoms with van der Waals surface area (Å²) in [6.45, 7) is 11.1. The number of benzene rings is 1. The van der Waals surface area contributed by atoms with Crippen LogP contribution in [0.2, 0.25) is 0 Å². The van der Waals surface area contributed by atoms with Crippen LogP contribution in [-0.4, -0.2) is 40.8 Å². The molecule has 0 aliphatic heterocycles. The first kappa shape index (κ1) is 25.3. The Morgan fingerprint density at radius 1 is 1.36 bits per heavy atom. The molecule has 1 aromatic carbocycles. The number of imidazole rings is 1. The molecule has 0 atom stereocenters. The predicted molar refractivity (Wildman–Crippen MR) is 141 cm³/mol. The third-order valence-corrected chi connectivity index (χ3v) is 7.22. The number of aromatic amines is 1. The molecule has 0 fully saturated rings. The normalized spacial score (nSPS) is 15.7. The second-order valence-corrected chi connectivity index (χ2v) is 11.4. The SMILES string of the molecule is C#Cc1cnc(C(=O)Cc2ccc(C(C)(C)CNCCSC)cc2C2=CCC(C)(C)CC2)[nH]1. The summed E-state index contributed by atoms with van der Waals surface area (Å²) >= 11 is 1.86. The Morgan fingerprint density at radius 2 is 2.15 bits per heavy atom. The second-order valence-electron chi connectivity index (χ2n) is 10.4. The highest BCUT2D eigenvalue weighted by Gasteiger charge is 2.26. The summed E-state index contributed by atoms with van der Waals surface area (Å²) in [6.07, 6.45) is 15.0. The molecule has 0 bridgehead atoms. The second kappa shape index (κ2) is 10.8. The van der Waals surface area contributed by atoms with Crippen LogP contribution in [0.1, 0.15) is 80.0 Å². The minimum Gasteiger partial charge on any atom is -0.329 e. The fourth-order valence-electron chi connectivity index (χ4n) is 4.24. The predicted octanol–water partition coefficient (Wildman–Crippen LogP) is 5.64. The highest BCUT2D eigenvalue weighted by atomic mass is 32.2. The van der Waals surface area contributed by atoms with Crippen LogP contribution in [0.25, 0.3) is 5.57 Å². The van der Waals surface area contributed by atoms with E-state index in [0.717, 1.165) is 43.7 Å². The van der Waals surface area contributed by atoms with E-state index < -0.39 is 0 Å². The van der Waals surface area contributed by atoms with Gasteiger partial charge in [-0.1, -0.05) is 57.9 Å². The van der Waals surface area contributed by atoms with Crippen molar-refractivity contribution in [3.05, 3.63) is 58.7 Å². The summed E-state index contributed by atoms with van der Waals surface area (Å²) in [6, 6.07) is 6.64. The summed E-state index contributed by atoms with van der Waals surface area (Å²) in [7, 11) is 0. The first-order valence-corrected chi connectivity index (χ1v) is 13.1. The monoisotopic (exact) mass is 463 g/mol. The van der Waals surface area contributed by atoms with Crippen LogP contribution in [0.3, 0.4) is 0 Å². The van der Waals surface area contributed by atoms with Gasteiger partial charge in [0, 0.05) is 30.7 Å². The van der Waals surface area contributed by atoms with Crippen LogP contribution in [0.15, 0.2) is 30.5 Å². The van der Waals surface area contributed by atoms with Gasteiger partial charge in [-0.3, -0.25) is 4.79 Å². The van der Waals surface area contributed by atoms with Gasteiger partial charge in [-0.2, -0.15) is 11.8 Å². The number of ketones is 1. The van der Waals surface area contributed by atoms with Gasteiger partial charge in [-0.25, -0.2) is 4.98 Å². The maximum absolute atomic E-state index is 13.0. The molecule has 0 unspecified atom stereocenters. The van der Waals surface area contributed by atoms with Crippen LogP contribution in [-0.2, 0) is 11.8 Å². The summed E-state index contributed by atoms with van der Waals surface area (Å²) in [5.41, 5.74) is 5.76. The number of hydrogen-bond donors (Lipinski definition) is 2. The molecule has 1 aliphatic carbocycles. The zero-order valence-corrected chi connectivity index (χ0v) is 21.5. The van der Waals surface area contributed by atoms with Gasteiger partial charge in [-0.05, 0) is 53.2 Å². The van der Waals surface area contributed by atoms with Crippen molar-refractivity contribution < 1.29 is 4.79 Å². The van der Waals surface area contributed by atoms with Crippen LogP contribution < -0.4 is 5.32 Å². The van der Waals surface area contributed by atoms with Gasteiger partial charge >= 0.3 is 0 Å². The molecule has 0 spiro atoms. The lowest BCUT2D eigenvalue weighted by Crippen LogP contribution is -2.34. The number of thioether (sulfide) groups is 1. The van der Waals surface area contributed by atoms with E-state index in [4.69, 9.17) is 6.42 Å². The third-order valence-electron chi connectivity index (χ3n) is 6.61. The summed E-state index contributed by atoms with van der Waals surface area (Å²) in [5, 5.41) is 3.59. The maximum Gasteiger partial charge on any atom is 0.202 e. The number of Topliss-reactive ketones (excluding diaryl/α,β-unsaturated/α-hetero) is 1. The smallest absolute Gasteiger partial charge is 0.202 e. The summed E-state index contributed by atoms with van der Waals surface area (Å²) in [4.78, 5) is 20.1. The topological polar surface area (TPSA) is 57.8 Å². The number of rotatable bonds is 10. The van der Waals surface area contributed by atoms with Crippen molar-refractivity contribution in [3.63, 3.8) is 0 Å². The number of H-pyrrole nitrogens is 1. The maximum atomic E-state index is 13.0. The number of carbonyl (C=O) groups excluding carboxylic acids is 1. The van der Waals surface area contributed by atoms with E-state index in [-0.39, 0.29) is 11.2 Å². The standard InChI is InChI=1S/C28H37N3OS/c1-7-23-18-30-26(31-23)25(32)16-21-8-9-22(28(4,5)19-29-14-15-33-6)17-24(21)20-10-12-27(2,3)13-11-20/h1,8-10,17-18,29H,11-16,19H2,2-6H3,(H,30,31). The lowest BCUT2D eigenvalue weighted by atomic mass is 9.75. The molecule has 1 aliphatic rings. The summed E-state index contributed by atoms with van der Waals surface area (Å²) in [5.74, 6) is 3.90. The number of hydrogen-bond acceptors (Lipinski definition) is 4. The number of carbonyl (C=O) groups is 1. The minimum absolute atomic E-state index is 0.00704. The molecule has 0 amide bonds. The molecule has 5 heteroatoms. The number of aromatic nitrogens is 2. The van der Waals surface area contributed by atoms with Gasteiger partial charge < -0.3 is 10.3 Å². The first-order valence-electron chi connectivity index (χ1n) is 11.7. The Morgan fingerprint density at radius 3 is 2.79 bits per heavy atom. The molecule has 4 nitrogen and oxygen atoms in total. The first-order chi connectivity index (χ1) is 15.6. The highest BCUT2D eigenvalue weighted by molar-refractivity contribution is 7.98. The number of nitrogens with one attached hydrogen (secondary N) is 2. The molecule has 1 heterocycles. The lowest BCUT2D eigenvalue weighted by molar-refractivity contribution is 0.0984. The Labute approximate surface area is 203 Å². The Kier molecular flexibility index (Phi) is 8.26. The third kappa shape index (κ3) is 6.62. The van der Waals surface area contributed by atoms with Crippen LogP contribution in [0.4, 0.5) is 0 Å². The van der Waals surface area contributed by atoms with Crippen molar-refractivity contribution in [2.75, 3.05) is 25.1 Å². The van der Waals surface area contributed by atoms with Gasteiger partial charge in [-0.15, -0.1) is 6.42 Å². The molecular weight excluding hydrogens is 426 g/mol. The van der Waals surface area contributed by atoms with E-state index in [1.807, 2.05) is 11.8 Å². The molecule has 0 saturated carbocycles. The average Bonchev–Trinajstić information content (AvgIpc) is 3.27. The molecule has 0 radical (unpaired) electrons. The van der Waals surface area contributed by atoms with E-state index in [2.05, 4.69) is 79.4 Å². The average molecular weight is 464 g/mol. The van der Waals surface area contributed by atoms with Crippen molar-refractivity contribution in [2.24, 2.45) is 5.41 Å². The lowest BCUT2D eigenvalue weighted by Gasteiger charge is -2.31. The van der Waals surface area contributed by atoms with E-state index in [1.54, 1.807) is 0 Å². The minimum atomic E-state index is -0.0415. The van der Waals surface area contributed by atoms with Crippen LogP contribution >= 0.6 is 11.8 Å². The van der Waals surface area contributed by atoms with Crippen molar-refractivity contribution >= 4 is 23.1 Å². The van der Waals surface area contributed by atoms with Crippen LogP contribution in [0.5, 0.6) is 0 Å². The Balaban J connectivity index is 1.91. The zero-order chi connectivity index (χ0) is 24.1. The van der Waals surface area contributed by atoms with Crippen molar-refractivity contribution in [2.45, 2.75) is 58.8 Å². The molecule has 0 saturated heterocycles. The van der Waals surface area contributed by atoms with Gasteiger partial charge in [0.15, 0.2) is 5.82 Å². The number of terminal acetylenes is 1. The molecule has 2 N–H and O–H groups in total. The molecule has 33 heavy (non-hydrogen) atoms. The molecule has 1 aromatic heterocycles. The Bertz CT molecular complexity index is 1060. The molecule has 176 valence electrons. The Hall–Kier alpha value is -2.29. The number of allylic oxidation sites excluding steroid dienone is 2. The van der Waals surface area contributed by atoms with Gasteiger partial charge in [0.05, 0.1) is 6.20 Å². The molecule has 2 aromatic rings. The fourth-order valence-corrected chi connectivity index (χ4v) is 4.59. The zero-order valence-electron chi connectivity index (χ0n) is 20.7. The fraction of sp³-hybridized carbons (Fsp3) is 0.500. The van der Waals surface area contributed by atoms with E-state index in [1.165, 1.54) is 22.9 Å². The van der Waals surface area contributed by atoms with Crippen molar-refractivity contribution in [3.8, 4) is 12.3 Å². The quantitative estimate of drug-likeness (QED) is 0.272. The number of nitrogens with zero attached hydrogens (tertiary/aromatic N) is 1. The molecule has 3 rings (SSSR count). The summed E-state index contributed by atoms with van der Waals surface area (Å²) < 4.78 is 0. The highest BCUT2D eigenvalue weighted by Crippen LogP contribution is 2.40. The van der Waals surface area contributed by atoms with Crippen molar-refractivity contribution in [1.29, 1.82) is 0 Å². The van der Waals surface area contributed by atoms with Gasteiger partial charge in [0.1, 0.15) is 5.69 Å². The van der Waals surface area contributed by atoms with Crippen molar-refractivity contribution in [1.82, 2.24) is 15.3 Å².